The van der Waals surface area contributed by atoms with Crippen molar-refractivity contribution < 1.29 is 33.3 Å². The van der Waals surface area contributed by atoms with Gasteiger partial charge in [0.15, 0.2) is 6.29 Å². The van der Waals surface area contributed by atoms with Crippen LogP contribution < -0.4 is 0 Å². The molecule has 5 rings (SSSR count). The van der Waals surface area contributed by atoms with E-state index in [1.54, 1.807) is 24.1 Å². The normalized spacial score (nSPS) is 39.2. The van der Waals surface area contributed by atoms with Crippen LogP contribution >= 0.6 is 0 Å². The van der Waals surface area contributed by atoms with Gasteiger partial charge in [0, 0.05) is 20.3 Å². The molecule has 0 saturated heterocycles. The molecule has 45 heavy (non-hydrogen) atoms. The minimum atomic E-state index is -0.612. The van der Waals surface area contributed by atoms with Crippen LogP contribution in [0.4, 0.5) is 0 Å². The van der Waals surface area contributed by atoms with E-state index < -0.39 is 30.4 Å². The number of unbranched alkanes of at least 4 members (excludes halogenated alkanes) is 2. The first-order valence-corrected chi connectivity index (χ1v) is 17.6. The molecule has 1 unspecified atom stereocenters. The number of ketones is 1. The third kappa shape index (κ3) is 7.51. The summed E-state index contributed by atoms with van der Waals surface area (Å²) in [7, 11) is 0. The van der Waals surface area contributed by atoms with Crippen molar-refractivity contribution in [3.8, 4) is 0 Å². The number of ether oxygens (including phenoxy) is 4. The summed E-state index contributed by atoms with van der Waals surface area (Å²) in [5.41, 5.74) is 3.77. The summed E-state index contributed by atoms with van der Waals surface area (Å²) in [5, 5.41) is 0. The van der Waals surface area contributed by atoms with E-state index in [0.29, 0.717) is 23.5 Å². The first-order valence-electron chi connectivity index (χ1n) is 17.6. The maximum Gasteiger partial charge on any atom is 0.303 e. The Morgan fingerprint density at radius 3 is 2.49 bits per heavy atom. The van der Waals surface area contributed by atoms with Crippen molar-refractivity contribution >= 4 is 17.7 Å². The number of Topliss-reactive ketones (excluding diaryl/α,β-unsaturated/α-hetero) is 1. The lowest BCUT2D eigenvalue weighted by Gasteiger charge is -2.58. The Kier molecular flexibility index (Phi) is 10.8. The van der Waals surface area contributed by atoms with E-state index in [4.69, 9.17) is 18.9 Å². The van der Waals surface area contributed by atoms with Gasteiger partial charge in [-0.15, -0.1) is 0 Å². The van der Waals surface area contributed by atoms with Crippen LogP contribution in [-0.4, -0.2) is 48.9 Å². The monoisotopic (exact) mass is 624 g/mol. The Hall–Kier alpha value is -2.25. The van der Waals surface area contributed by atoms with Crippen molar-refractivity contribution in [2.24, 2.45) is 34.5 Å². The van der Waals surface area contributed by atoms with Crippen molar-refractivity contribution in [3.63, 3.8) is 0 Å². The van der Waals surface area contributed by atoms with Gasteiger partial charge in [0.05, 0.1) is 6.10 Å². The van der Waals surface area contributed by atoms with Gasteiger partial charge in [-0.3, -0.25) is 9.59 Å². The lowest BCUT2D eigenvalue weighted by atomic mass is 9.47. The van der Waals surface area contributed by atoms with Gasteiger partial charge in [-0.2, -0.15) is 0 Å². The Balaban J connectivity index is 1.20. The molecule has 3 saturated carbocycles. The number of carbonyl (C=O) groups excluding carboxylic acids is 3. The molecule has 0 aromatic carbocycles. The lowest BCUT2D eigenvalue weighted by Crippen LogP contribution is -2.51. The first kappa shape index (κ1) is 34.1. The topological polar surface area (TPSA) is 88.1 Å². The van der Waals surface area contributed by atoms with Crippen LogP contribution in [0.25, 0.3) is 0 Å². The molecule has 0 bridgehead atoms. The molecule has 0 amide bonds. The van der Waals surface area contributed by atoms with E-state index in [1.165, 1.54) is 46.0 Å². The van der Waals surface area contributed by atoms with Crippen LogP contribution in [0.15, 0.2) is 35.5 Å². The fourth-order valence-electron chi connectivity index (χ4n) is 10.0. The van der Waals surface area contributed by atoms with Crippen LogP contribution in [0.2, 0.25) is 0 Å². The number of hydrogen-bond donors (Lipinski definition) is 0. The number of fused-ring (bicyclic) bond motifs is 5. The van der Waals surface area contributed by atoms with Crippen molar-refractivity contribution in [2.75, 3.05) is 6.61 Å². The molecule has 0 radical (unpaired) electrons. The van der Waals surface area contributed by atoms with E-state index in [-0.39, 0.29) is 18.1 Å². The summed E-state index contributed by atoms with van der Waals surface area (Å²) >= 11 is 0. The molecule has 1 aliphatic heterocycles. The summed E-state index contributed by atoms with van der Waals surface area (Å²) in [6.45, 7) is 11.9. The van der Waals surface area contributed by atoms with Crippen molar-refractivity contribution in [3.05, 3.63) is 35.5 Å². The molecule has 0 aromatic heterocycles. The predicted molar refractivity (Wildman–Crippen MR) is 173 cm³/mol. The van der Waals surface area contributed by atoms with Gasteiger partial charge >= 0.3 is 11.9 Å². The highest BCUT2D eigenvalue weighted by atomic mass is 16.7. The molecular formula is C38H56O7. The molecule has 0 spiro atoms. The molecule has 0 aromatic rings. The maximum absolute atomic E-state index is 11.6. The summed E-state index contributed by atoms with van der Waals surface area (Å²) in [6.07, 6.45) is 20.4. The summed E-state index contributed by atoms with van der Waals surface area (Å²) in [4.78, 5) is 34.3. The smallest absolute Gasteiger partial charge is 0.303 e. The second-order valence-electron chi connectivity index (χ2n) is 15.1. The maximum atomic E-state index is 11.6. The fourth-order valence-corrected chi connectivity index (χ4v) is 10.0. The number of rotatable bonds is 11. The Bertz CT molecular complexity index is 1200. The van der Waals surface area contributed by atoms with Crippen molar-refractivity contribution in [1.82, 2.24) is 0 Å². The van der Waals surface area contributed by atoms with Gasteiger partial charge in [0.25, 0.3) is 0 Å². The van der Waals surface area contributed by atoms with Gasteiger partial charge in [-0.1, -0.05) is 37.1 Å². The van der Waals surface area contributed by atoms with E-state index in [1.807, 2.05) is 6.08 Å². The first-order chi connectivity index (χ1) is 21.4. The Morgan fingerprint density at radius 2 is 1.76 bits per heavy atom. The van der Waals surface area contributed by atoms with Gasteiger partial charge in [0.1, 0.15) is 24.6 Å². The second kappa shape index (κ2) is 14.3. The van der Waals surface area contributed by atoms with E-state index in [2.05, 4.69) is 32.9 Å². The minimum absolute atomic E-state index is 0.00578. The molecule has 250 valence electrons. The number of carbonyl (C=O) groups is 3. The van der Waals surface area contributed by atoms with Crippen molar-refractivity contribution in [1.29, 1.82) is 0 Å². The zero-order valence-electron chi connectivity index (χ0n) is 28.5. The SMILES string of the molecule is CC(=O)CCCC/C=C(\C)[C@H]1CC[C@H]2[C@@H]3CC=C4C[C@@H](OC5C=C[C@H](OC(C)=O)[C@@H](COC(C)=O)O5)CC[C@]4(C)[C@H]3CC[C@]12C. The summed E-state index contributed by atoms with van der Waals surface area (Å²) < 4.78 is 23.2. The van der Waals surface area contributed by atoms with Crippen LogP contribution in [-0.2, 0) is 33.3 Å². The van der Waals surface area contributed by atoms with Crippen molar-refractivity contribution in [2.45, 2.75) is 143 Å². The summed E-state index contributed by atoms with van der Waals surface area (Å²) in [6, 6.07) is 0. The molecule has 7 heteroatoms. The third-order valence-electron chi connectivity index (χ3n) is 12.3. The zero-order valence-corrected chi connectivity index (χ0v) is 28.5. The Labute approximate surface area is 270 Å². The number of hydrogen-bond acceptors (Lipinski definition) is 7. The standard InChI is InChI=1S/C38H56O7/c1-24(10-8-7-9-11-25(2)39)31-14-15-32-30-13-12-28-22-29(18-20-37(28,5)33(30)19-21-38(31,32)6)44-36-17-16-34(43-27(4)41)35(45-36)23-42-26(3)40/h10,12,16-17,29-36H,7-9,11,13-15,18-23H2,1-6H3/b24-10+/t29-,30-,31+,32-,33-,34-,35+,36?,37-,38+/m0/s1. The number of allylic oxidation sites excluding steroid dienone is 3. The van der Waals surface area contributed by atoms with Gasteiger partial charge in [0.2, 0.25) is 0 Å². The Morgan fingerprint density at radius 1 is 0.956 bits per heavy atom. The highest BCUT2D eigenvalue weighted by Gasteiger charge is 2.58. The molecule has 3 fully saturated rings. The fraction of sp³-hybridized carbons (Fsp3) is 0.763. The van der Waals surface area contributed by atoms with Gasteiger partial charge < -0.3 is 23.7 Å². The van der Waals surface area contributed by atoms with Crippen LogP contribution in [0, 0.1) is 34.5 Å². The largest absolute Gasteiger partial charge is 0.463 e. The third-order valence-corrected chi connectivity index (χ3v) is 12.3. The molecular weight excluding hydrogens is 568 g/mol. The highest BCUT2D eigenvalue weighted by molar-refractivity contribution is 5.75. The van der Waals surface area contributed by atoms with Gasteiger partial charge in [-0.05, 0) is 131 Å². The molecule has 7 nitrogen and oxygen atoms in total. The van der Waals surface area contributed by atoms with E-state index >= 15 is 0 Å². The molecule has 5 aliphatic rings. The zero-order chi connectivity index (χ0) is 32.4. The highest BCUT2D eigenvalue weighted by Crippen LogP contribution is 2.67. The van der Waals surface area contributed by atoms with E-state index in [9.17, 15) is 14.4 Å². The molecule has 0 N–H and O–H groups in total. The van der Waals surface area contributed by atoms with Gasteiger partial charge in [-0.25, -0.2) is 0 Å². The molecule has 4 aliphatic carbocycles. The second-order valence-corrected chi connectivity index (χ2v) is 15.1. The molecule has 10 atom stereocenters. The lowest BCUT2D eigenvalue weighted by molar-refractivity contribution is -0.213. The molecule has 1 heterocycles. The quantitative estimate of drug-likeness (QED) is 0.132. The minimum Gasteiger partial charge on any atom is -0.463 e. The van der Waals surface area contributed by atoms with Crippen LogP contribution in [0.5, 0.6) is 0 Å². The van der Waals surface area contributed by atoms with Crippen LogP contribution in [0.1, 0.15) is 119 Å². The summed E-state index contributed by atoms with van der Waals surface area (Å²) in [5.74, 6) is 2.45. The average Bonchev–Trinajstić information content (AvgIpc) is 3.34. The number of esters is 2. The average molecular weight is 625 g/mol. The predicted octanol–water partition coefficient (Wildman–Crippen LogP) is 7.82. The van der Waals surface area contributed by atoms with Crippen LogP contribution in [0.3, 0.4) is 0 Å². The van der Waals surface area contributed by atoms with E-state index in [0.717, 1.165) is 56.3 Å².